The molecular weight excluding hydrogens is 274 g/mol. The summed E-state index contributed by atoms with van der Waals surface area (Å²) >= 11 is 6.12. The first-order valence-electron chi connectivity index (χ1n) is 6.45. The Morgan fingerprint density at radius 1 is 1.25 bits per heavy atom. The summed E-state index contributed by atoms with van der Waals surface area (Å²) in [5, 5.41) is 13.9. The van der Waals surface area contributed by atoms with E-state index in [9.17, 15) is 9.90 Å². The second-order valence-electron chi connectivity index (χ2n) is 4.98. The number of hydrogen-bond acceptors (Lipinski definition) is 2. The molecule has 2 aromatic rings. The zero-order valence-corrected chi connectivity index (χ0v) is 11.7. The molecule has 3 nitrogen and oxygen atoms in total. The van der Waals surface area contributed by atoms with Gasteiger partial charge in [-0.15, -0.1) is 0 Å². The van der Waals surface area contributed by atoms with E-state index in [2.05, 4.69) is 5.32 Å². The molecule has 3 rings (SSSR count). The molecule has 1 aliphatic rings. The zero-order valence-electron chi connectivity index (χ0n) is 10.9. The van der Waals surface area contributed by atoms with Gasteiger partial charge in [0, 0.05) is 10.6 Å². The maximum absolute atomic E-state index is 11.8. The summed E-state index contributed by atoms with van der Waals surface area (Å²) in [7, 11) is 0. The van der Waals surface area contributed by atoms with Crippen molar-refractivity contribution in [1.82, 2.24) is 0 Å². The van der Waals surface area contributed by atoms with Crippen molar-refractivity contribution in [3.63, 3.8) is 0 Å². The quantitative estimate of drug-likeness (QED) is 0.888. The highest BCUT2D eigenvalue weighted by molar-refractivity contribution is 6.31. The molecule has 2 N–H and O–H groups in total. The average Bonchev–Trinajstić information content (AvgIpc) is 2.74. The number of amides is 1. The minimum atomic E-state index is -0.811. The maximum atomic E-state index is 11.8. The lowest BCUT2D eigenvalue weighted by atomic mass is 9.95. The molecule has 0 radical (unpaired) electrons. The molecule has 4 heteroatoms. The zero-order chi connectivity index (χ0) is 14.3. The van der Waals surface area contributed by atoms with Crippen molar-refractivity contribution in [2.75, 3.05) is 5.32 Å². The van der Waals surface area contributed by atoms with Gasteiger partial charge in [0.1, 0.15) is 6.10 Å². The molecule has 2 aromatic carbocycles. The fourth-order valence-electron chi connectivity index (χ4n) is 2.54. The smallest absolute Gasteiger partial charge is 0.231 e. The molecular formula is C16H14ClNO2. The van der Waals surface area contributed by atoms with E-state index in [4.69, 9.17) is 11.6 Å². The molecule has 2 unspecified atom stereocenters. The molecule has 0 spiro atoms. The molecule has 0 saturated heterocycles. The number of halogens is 1. The molecule has 1 aliphatic heterocycles. The van der Waals surface area contributed by atoms with Gasteiger partial charge in [0.15, 0.2) is 0 Å². The van der Waals surface area contributed by atoms with Crippen LogP contribution in [0.2, 0.25) is 5.02 Å². The van der Waals surface area contributed by atoms with E-state index in [0.29, 0.717) is 16.3 Å². The minimum absolute atomic E-state index is 0.0659. The SMILES string of the molecule is CC1C(=O)Nc2c1cc(Cl)cc2C(O)c1ccccc1. The third-order valence-corrected chi connectivity index (χ3v) is 3.90. The van der Waals surface area contributed by atoms with Crippen LogP contribution in [0.3, 0.4) is 0 Å². The van der Waals surface area contributed by atoms with Gasteiger partial charge in [-0.2, -0.15) is 0 Å². The van der Waals surface area contributed by atoms with Crippen LogP contribution in [0.25, 0.3) is 0 Å². The average molecular weight is 288 g/mol. The number of nitrogens with one attached hydrogen (secondary N) is 1. The monoisotopic (exact) mass is 287 g/mol. The summed E-state index contributed by atoms with van der Waals surface area (Å²) in [6.07, 6.45) is -0.811. The number of fused-ring (bicyclic) bond motifs is 1. The van der Waals surface area contributed by atoms with Gasteiger partial charge >= 0.3 is 0 Å². The lowest BCUT2D eigenvalue weighted by Gasteiger charge is -2.16. The van der Waals surface area contributed by atoms with Gasteiger partial charge in [0.2, 0.25) is 5.91 Å². The molecule has 0 aromatic heterocycles. The second kappa shape index (κ2) is 4.93. The van der Waals surface area contributed by atoms with E-state index < -0.39 is 6.10 Å². The first-order valence-corrected chi connectivity index (χ1v) is 6.83. The Kier molecular flexibility index (Phi) is 3.24. The summed E-state index contributed by atoms with van der Waals surface area (Å²) < 4.78 is 0. The highest BCUT2D eigenvalue weighted by Crippen LogP contribution is 2.41. The number of hydrogen-bond donors (Lipinski definition) is 2. The van der Waals surface area contributed by atoms with Gasteiger partial charge in [-0.1, -0.05) is 41.9 Å². The summed E-state index contributed by atoms with van der Waals surface area (Å²) in [5.74, 6) is -0.311. The molecule has 1 amide bonds. The fraction of sp³-hybridized carbons (Fsp3) is 0.188. The maximum Gasteiger partial charge on any atom is 0.231 e. The first kappa shape index (κ1) is 13.2. The minimum Gasteiger partial charge on any atom is -0.384 e. The normalized spacial score (nSPS) is 18.6. The van der Waals surface area contributed by atoms with Crippen LogP contribution in [0.15, 0.2) is 42.5 Å². The molecule has 1 heterocycles. The number of rotatable bonds is 2. The highest BCUT2D eigenvalue weighted by atomic mass is 35.5. The first-order chi connectivity index (χ1) is 9.58. The van der Waals surface area contributed by atoms with Gasteiger partial charge < -0.3 is 10.4 Å². The van der Waals surface area contributed by atoms with E-state index in [1.165, 1.54) is 0 Å². The number of aliphatic hydroxyl groups excluding tert-OH is 1. The van der Waals surface area contributed by atoms with Crippen LogP contribution in [-0.4, -0.2) is 11.0 Å². The predicted molar refractivity (Wildman–Crippen MR) is 79.0 cm³/mol. The van der Waals surface area contributed by atoms with Crippen LogP contribution in [0.5, 0.6) is 0 Å². The van der Waals surface area contributed by atoms with E-state index in [1.807, 2.05) is 37.3 Å². The van der Waals surface area contributed by atoms with Crippen molar-refractivity contribution in [2.24, 2.45) is 0 Å². The Hall–Kier alpha value is -1.84. The largest absolute Gasteiger partial charge is 0.384 e. The number of carbonyl (C=O) groups excluding carboxylic acids is 1. The molecule has 20 heavy (non-hydrogen) atoms. The summed E-state index contributed by atoms with van der Waals surface area (Å²) in [6, 6.07) is 12.8. The topological polar surface area (TPSA) is 49.3 Å². The third kappa shape index (κ3) is 2.09. The Bertz CT molecular complexity index is 670. The standard InChI is InChI=1S/C16H14ClNO2/c1-9-12-7-11(17)8-13(14(12)18-16(9)20)15(19)10-5-3-2-4-6-10/h2-9,15,19H,1H3,(H,18,20). The van der Waals surface area contributed by atoms with Crippen LogP contribution < -0.4 is 5.32 Å². The number of carbonyl (C=O) groups is 1. The molecule has 0 aliphatic carbocycles. The van der Waals surface area contributed by atoms with Crippen molar-refractivity contribution in [2.45, 2.75) is 18.9 Å². The highest BCUT2D eigenvalue weighted by Gasteiger charge is 2.31. The van der Waals surface area contributed by atoms with Gasteiger partial charge in [-0.05, 0) is 30.2 Å². The number of aliphatic hydroxyl groups is 1. The van der Waals surface area contributed by atoms with E-state index in [-0.39, 0.29) is 11.8 Å². The van der Waals surface area contributed by atoms with Crippen molar-refractivity contribution in [1.29, 1.82) is 0 Å². The number of anilines is 1. The summed E-state index contributed by atoms with van der Waals surface area (Å²) in [5.41, 5.74) is 2.93. The van der Waals surface area contributed by atoms with Crippen LogP contribution >= 0.6 is 11.6 Å². The van der Waals surface area contributed by atoms with E-state index in [1.54, 1.807) is 12.1 Å². The van der Waals surface area contributed by atoms with Crippen LogP contribution in [-0.2, 0) is 4.79 Å². The summed E-state index contributed by atoms with van der Waals surface area (Å²) in [6.45, 7) is 1.83. The van der Waals surface area contributed by atoms with Gasteiger partial charge in [0.25, 0.3) is 0 Å². The molecule has 0 saturated carbocycles. The third-order valence-electron chi connectivity index (χ3n) is 3.68. The van der Waals surface area contributed by atoms with Crippen LogP contribution in [0.4, 0.5) is 5.69 Å². The lowest BCUT2D eigenvalue weighted by molar-refractivity contribution is -0.116. The van der Waals surface area contributed by atoms with Crippen molar-refractivity contribution < 1.29 is 9.90 Å². The van der Waals surface area contributed by atoms with Gasteiger partial charge in [-0.3, -0.25) is 4.79 Å². The van der Waals surface area contributed by atoms with E-state index >= 15 is 0 Å². The Morgan fingerprint density at radius 3 is 2.65 bits per heavy atom. The molecule has 0 bridgehead atoms. The van der Waals surface area contributed by atoms with Crippen LogP contribution in [0, 0.1) is 0 Å². The predicted octanol–water partition coefficient (Wildman–Crippen LogP) is 3.48. The van der Waals surface area contributed by atoms with Crippen LogP contribution in [0.1, 0.15) is 35.6 Å². The van der Waals surface area contributed by atoms with Crippen molar-refractivity contribution >= 4 is 23.2 Å². The van der Waals surface area contributed by atoms with Gasteiger partial charge in [0.05, 0.1) is 11.6 Å². The second-order valence-corrected chi connectivity index (χ2v) is 5.42. The number of benzene rings is 2. The van der Waals surface area contributed by atoms with Crippen molar-refractivity contribution in [3.8, 4) is 0 Å². The molecule has 0 fully saturated rings. The Morgan fingerprint density at radius 2 is 1.95 bits per heavy atom. The molecule has 2 atom stereocenters. The van der Waals surface area contributed by atoms with Gasteiger partial charge in [-0.25, -0.2) is 0 Å². The Labute approximate surface area is 122 Å². The lowest BCUT2D eigenvalue weighted by Crippen LogP contribution is -2.09. The van der Waals surface area contributed by atoms with E-state index in [0.717, 1.165) is 11.1 Å². The Balaban J connectivity index is 2.12. The fourth-order valence-corrected chi connectivity index (χ4v) is 2.77. The van der Waals surface area contributed by atoms with Crippen molar-refractivity contribution in [3.05, 3.63) is 64.2 Å². The molecule has 102 valence electrons. The summed E-state index contributed by atoms with van der Waals surface area (Å²) in [4.78, 5) is 11.8.